The minimum Gasteiger partial charge on any atom is -0.496 e. The number of ether oxygens (including phenoxy) is 1. The molecule has 2 aromatic carbocycles. The molecule has 0 aromatic heterocycles. The molecular weight excluding hydrogens is 264 g/mol. The van der Waals surface area contributed by atoms with Gasteiger partial charge in [0.05, 0.1) is 12.0 Å². The number of hydrogen-bond donors (Lipinski definition) is 1. The molecule has 0 atom stereocenters. The molecule has 0 spiro atoms. The Hall–Kier alpha value is -1.59. The van der Waals surface area contributed by atoms with Gasteiger partial charge in [0.1, 0.15) is 5.75 Å². The van der Waals surface area contributed by atoms with Gasteiger partial charge >= 0.3 is 0 Å². The second kappa shape index (κ2) is 4.83. The van der Waals surface area contributed by atoms with Crippen molar-refractivity contribution in [2.75, 3.05) is 7.11 Å². The van der Waals surface area contributed by atoms with E-state index in [0.29, 0.717) is 11.7 Å². The van der Waals surface area contributed by atoms with Crippen LogP contribution in [0.5, 0.6) is 5.75 Å². The highest BCUT2D eigenvalue weighted by molar-refractivity contribution is 7.85. The van der Waals surface area contributed by atoms with Crippen LogP contribution >= 0.6 is 0 Å². The number of fused-ring (bicyclic) bond motifs is 1. The molecular formula is C14H16O4S. The van der Waals surface area contributed by atoms with Crippen molar-refractivity contribution in [2.24, 2.45) is 0 Å². The Bertz CT molecular complexity index is 718. The zero-order valence-electron chi connectivity index (χ0n) is 11.0. The van der Waals surface area contributed by atoms with Crippen molar-refractivity contribution in [3.8, 4) is 5.75 Å². The number of hydrogen-bond acceptors (Lipinski definition) is 3. The average Bonchev–Trinajstić information content (AvgIpc) is 2.35. The lowest BCUT2D eigenvalue weighted by Crippen LogP contribution is -1.99. The molecule has 0 unspecified atom stereocenters. The number of methoxy groups -OCH3 is 1. The van der Waals surface area contributed by atoms with Gasteiger partial charge in [-0.05, 0) is 22.9 Å². The van der Waals surface area contributed by atoms with Gasteiger partial charge in [-0.2, -0.15) is 8.42 Å². The van der Waals surface area contributed by atoms with Crippen LogP contribution in [-0.4, -0.2) is 20.1 Å². The normalized spacial score (nSPS) is 12.1. The van der Waals surface area contributed by atoms with Gasteiger partial charge in [-0.1, -0.05) is 32.0 Å². The molecule has 4 nitrogen and oxygen atoms in total. The van der Waals surface area contributed by atoms with E-state index < -0.39 is 10.1 Å². The Kier molecular flexibility index (Phi) is 3.52. The molecule has 0 aliphatic rings. The topological polar surface area (TPSA) is 63.6 Å². The lowest BCUT2D eigenvalue weighted by molar-refractivity contribution is 0.417. The third-order valence-corrected chi connectivity index (χ3v) is 3.93. The molecule has 0 radical (unpaired) electrons. The molecule has 5 heteroatoms. The number of benzene rings is 2. The molecule has 1 N–H and O–H groups in total. The molecule has 102 valence electrons. The van der Waals surface area contributed by atoms with E-state index in [1.807, 2.05) is 18.2 Å². The SMILES string of the molecule is COc1cc(S(=O)(=O)O)cc2cc(C(C)C)ccc12. The van der Waals surface area contributed by atoms with Gasteiger partial charge in [-0.25, -0.2) is 0 Å². The second-order valence-corrected chi connectivity index (χ2v) is 6.16. The van der Waals surface area contributed by atoms with E-state index in [1.165, 1.54) is 19.2 Å². The smallest absolute Gasteiger partial charge is 0.294 e. The van der Waals surface area contributed by atoms with Gasteiger partial charge in [-0.15, -0.1) is 0 Å². The molecule has 0 fully saturated rings. The molecule has 0 amide bonds. The van der Waals surface area contributed by atoms with Crippen molar-refractivity contribution in [2.45, 2.75) is 24.7 Å². The summed E-state index contributed by atoms with van der Waals surface area (Å²) in [5.41, 5.74) is 1.10. The monoisotopic (exact) mass is 280 g/mol. The minimum absolute atomic E-state index is 0.155. The summed E-state index contributed by atoms with van der Waals surface area (Å²) < 4.78 is 36.9. The lowest BCUT2D eigenvalue weighted by atomic mass is 9.99. The van der Waals surface area contributed by atoms with Crippen molar-refractivity contribution in [1.82, 2.24) is 0 Å². The van der Waals surface area contributed by atoms with E-state index in [-0.39, 0.29) is 4.90 Å². The molecule has 0 aliphatic heterocycles. The third kappa shape index (κ3) is 2.72. The Balaban J connectivity index is 2.79. The van der Waals surface area contributed by atoms with Crippen molar-refractivity contribution in [3.63, 3.8) is 0 Å². The first-order valence-corrected chi connectivity index (χ1v) is 7.36. The zero-order chi connectivity index (χ0) is 14.2. The van der Waals surface area contributed by atoms with Crippen LogP contribution in [0, 0.1) is 0 Å². The largest absolute Gasteiger partial charge is 0.496 e. The van der Waals surface area contributed by atoms with Crippen molar-refractivity contribution >= 4 is 20.9 Å². The lowest BCUT2D eigenvalue weighted by Gasteiger charge is -2.11. The Labute approximate surface area is 112 Å². The second-order valence-electron chi connectivity index (χ2n) is 4.74. The molecule has 0 aliphatic carbocycles. The first kappa shape index (κ1) is 13.8. The fourth-order valence-electron chi connectivity index (χ4n) is 2.00. The molecule has 0 heterocycles. The van der Waals surface area contributed by atoms with E-state index in [4.69, 9.17) is 9.29 Å². The van der Waals surface area contributed by atoms with Gasteiger partial charge in [0.2, 0.25) is 0 Å². The predicted octanol–water partition coefficient (Wildman–Crippen LogP) is 3.22. The van der Waals surface area contributed by atoms with Gasteiger partial charge < -0.3 is 4.74 Å². The summed E-state index contributed by atoms with van der Waals surface area (Å²) in [7, 11) is -2.77. The minimum atomic E-state index is -4.24. The van der Waals surface area contributed by atoms with Gasteiger partial charge in [-0.3, -0.25) is 4.55 Å². The van der Waals surface area contributed by atoms with Crippen LogP contribution in [0.1, 0.15) is 25.3 Å². The van der Waals surface area contributed by atoms with Gasteiger partial charge in [0.15, 0.2) is 0 Å². The Morgan fingerprint density at radius 2 is 1.84 bits per heavy atom. The fraction of sp³-hybridized carbons (Fsp3) is 0.286. The van der Waals surface area contributed by atoms with E-state index in [0.717, 1.165) is 16.3 Å². The molecule has 2 rings (SSSR count). The maximum absolute atomic E-state index is 11.3. The van der Waals surface area contributed by atoms with Crippen LogP contribution in [0.15, 0.2) is 35.2 Å². The summed E-state index contributed by atoms with van der Waals surface area (Å²) in [6.07, 6.45) is 0. The van der Waals surface area contributed by atoms with Gasteiger partial charge in [0.25, 0.3) is 10.1 Å². The van der Waals surface area contributed by atoms with Crippen molar-refractivity contribution < 1.29 is 17.7 Å². The molecule has 0 bridgehead atoms. The molecule has 19 heavy (non-hydrogen) atoms. The van der Waals surface area contributed by atoms with E-state index in [2.05, 4.69) is 13.8 Å². The third-order valence-electron chi connectivity index (χ3n) is 3.10. The zero-order valence-corrected chi connectivity index (χ0v) is 11.9. The quantitative estimate of drug-likeness (QED) is 0.877. The van der Waals surface area contributed by atoms with Crippen LogP contribution in [0.4, 0.5) is 0 Å². The number of rotatable bonds is 3. The fourth-order valence-corrected chi connectivity index (χ4v) is 2.54. The predicted molar refractivity (Wildman–Crippen MR) is 74.4 cm³/mol. The molecule has 0 saturated heterocycles. The summed E-state index contributed by atoms with van der Waals surface area (Å²) in [4.78, 5) is -0.155. The summed E-state index contributed by atoms with van der Waals surface area (Å²) in [6.45, 7) is 4.12. The first-order chi connectivity index (χ1) is 8.82. The Morgan fingerprint density at radius 3 is 2.37 bits per heavy atom. The summed E-state index contributed by atoms with van der Waals surface area (Å²) in [5, 5.41) is 1.55. The van der Waals surface area contributed by atoms with E-state index in [1.54, 1.807) is 0 Å². The van der Waals surface area contributed by atoms with E-state index in [9.17, 15) is 8.42 Å². The summed E-state index contributed by atoms with van der Waals surface area (Å²) in [6, 6.07) is 8.59. The van der Waals surface area contributed by atoms with E-state index >= 15 is 0 Å². The summed E-state index contributed by atoms with van der Waals surface area (Å²) >= 11 is 0. The average molecular weight is 280 g/mol. The van der Waals surface area contributed by atoms with Crippen LogP contribution < -0.4 is 4.74 Å². The van der Waals surface area contributed by atoms with Crippen molar-refractivity contribution in [3.05, 3.63) is 35.9 Å². The Morgan fingerprint density at radius 1 is 1.16 bits per heavy atom. The van der Waals surface area contributed by atoms with Crippen molar-refractivity contribution in [1.29, 1.82) is 0 Å². The standard InChI is InChI=1S/C14H16O4S/c1-9(2)10-4-5-13-11(6-10)7-12(19(15,16)17)8-14(13)18-3/h4-9H,1-3H3,(H,15,16,17). The van der Waals surface area contributed by atoms with Gasteiger partial charge in [0, 0.05) is 11.5 Å². The highest BCUT2D eigenvalue weighted by atomic mass is 32.2. The van der Waals surface area contributed by atoms with Crippen LogP contribution in [-0.2, 0) is 10.1 Å². The van der Waals surface area contributed by atoms with Crippen LogP contribution in [0.25, 0.3) is 10.8 Å². The highest BCUT2D eigenvalue weighted by Gasteiger charge is 2.14. The van der Waals surface area contributed by atoms with Crippen LogP contribution in [0.2, 0.25) is 0 Å². The first-order valence-electron chi connectivity index (χ1n) is 5.92. The molecule has 2 aromatic rings. The maximum Gasteiger partial charge on any atom is 0.294 e. The highest BCUT2D eigenvalue weighted by Crippen LogP contribution is 2.31. The maximum atomic E-state index is 11.3. The summed E-state index contributed by atoms with van der Waals surface area (Å²) in [5.74, 6) is 0.769. The molecule has 0 saturated carbocycles. The van der Waals surface area contributed by atoms with Crippen LogP contribution in [0.3, 0.4) is 0 Å².